The summed E-state index contributed by atoms with van der Waals surface area (Å²) in [6.45, 7) is 40.5. The number of rotatable bonds is 22. The molecule has 8 aromatic carbocycles. The molecule has 146 heavy (non-hydrogen) atoms. The van der Waals surface area contributed by atoms with Crippen molar-refractivity contribution in [3.63, 3.8) is 0 Å². The molecule has 7 N–H and O–H groups in total. The van der Waals surface area contributed by atoms with Crippen LogP contribution in [-0.2, 0) is 136 Å². The molecule has 15 aromatic rings. The molecule has 1 aliphatic carbocycles. The van der Waals surface area contributed by atoms with Crippen LogP contribution < -0.4 is 0 Å². The Hall–Kier alpha value is -9.80. The summed E-state index contributed by atoms with van der Waals surface area (Å²) in [7, 11) is 0. The van der Waals surface area contributed by atoms with E-state index < -0.39 is 17.3 Å². The minimum Gasteiger partial charge on any atom is -0.368 e. The second-order valence-corrected chi connectivity index (χ2v) is 42.8. The van der Waals surface area contributed by atoms with Gasteiger partial charge in [-0.2, -0.15) is 13.2 Å². The Kier molecular flexibility index (Phi) is 33.8. The normalized spacial score (nSPS) is 22.9. The minimum atomic E-state index is -4.35. The maximum absolute atomic E-state index is 14.1. The summed E-state index contributed by atoms with van der Waals surface area (Å²) in [4.78, 5) is 24.9. The molecule has 0 amide bonds. The van der Waals surface area contributed by atoms with Gasteiger partial charge in [0.2, 0.25) is 0 Å². The van der Waals surface area contributed by atoms with E-state index in [0.29, 0.717) is 30.9 Å². The van der Waals surface area contributed by atoms with Crippen molar-refractivity contribution in [3.8, 4) is 0 Å². The number of fused-ring (bicyclic) bond motifs is 22. The van der Waals surface area contributed by atoms with E-state index in [0.717, 1.165) is 260 Å². The summed E-state index contributed by atoms with van der Waals surface area (Å²) in [5.74, 6) is 1.14. The molecule has 6 unspecified atom stereocenters. The number of aromatic nitrogens is 7. The van der Waals surface area contributed by atoms with Crippen LogP contribution in [0.1, 0.15) is 365 Å². The zero-order valence-corrected chi connectivity index (χ0v) is 90.4. The Balaban J connectivity index is 0.000000117. The van der Waals surface area contributed by atoms with E-state index in [-0.39, 0.29) is 50.8 Å². The van der Waals surface area contributed by atoms with Gasteiger partial charge >= 0.3 is 6.18 Å². The summed E-state index contributed by atoms with van der Waals surface area (Å²) in [5.41, 5.74) is 28.2. The lowest BCUT2D eigenvalue weighted by Crippen LogP contribution is -2.39. The highest BCUT2D eigenvalue weighted by atomic mass is 35.5. The first-order chi connectivity index (χ1) is 70.8. The first-order valence-corrected chi connectivity index (χ1v) is 56.2. The molecule has 1 fully saturated rings. The number of ether oxygens (including phenoxy) is 7. The summed E-state index contributed by atoms with van der Waals surface area (Å²) < 4.78 is 111. The number of aromatic amines is 7. The molecule has 23 rings (SSSR count). The molecule has 1 spiro atoms. The topological polar surface area (TPSA) is 175 Å². The third-order valence-corrected chi connectivity index (χ3v) is 34.3. The van der Waals surface area contributed by atoms with Gasteiger partial charge in [-0.05, 0) is 276 Å². The summed E-state index contributed by atoms with van der Waals surface area (Å²) in [5, 5.41) is 8.73. The minimum absolute atomic E-state index is 0.0245. The zero-order valence-electron chi connectivity index (χ0n) is 89.7. The van der Waals surface area contributed by atoms with Crippen LogP contribution in [-0.4, -0.2) is 81.1 Å². The number of benzene rings is 8. The van der Waals surface area contributed by atoms with Gasteiger partial charge < -0.3 is 68.0 Å². The van der Waals surface area contributed by atoms with Crippen molar-refractivity contribution in [2.45, 2.75) is 361 Å². The van der Waals surface area contributed by atoms with E-state index in [9.17, 15) is 22.0 Å². The molecule has 7 aliphatic heterocycles. The molecule has 7 aromatic heterocycles. The second-order valence-electron chi connectivity index (χ2n) is 42.4. The first kappa shape index (κ1) is 107. The van der Waals surface area contributed by atoms with Gasteiger partial charge in [-0.25, -0.2) is 8.78 Å². The van der Waals surface area contributed by atoms with Gasteiger partial charge in [0.1, 0.15) is 50.8 Å². The van der Waals surface area contributed by atoms with E-state index in [2.05, 4.69) is 230 Å². The van der Waals surface area contributed by atoms with Crippen molar-refractivity contribution < 1.29 is 55.1 Å². The van der Waals surface area contributed by atoms with Crippen LogP contribution in [0, 0.1) is 17.6 Å². The SMILES string of the molecule is CCCC1(CC)OCCc2c1[nH]c1c(C(C)C)cccc21.CCCC1(CC)OCCc2c1[nH]c1c(C(F)(F)F)cccc21.CCCC1(CC)OCCc2c1[nH]c1ccc(F)cc21.CCCC1(CC)OCCc2c1[nH]c1cccc(Cl)c21.CCCC1(CC)OCCc2c1[nH]c1cccc(F)c21.CCCC1(c2ccccc2)OCCc2c1[nH]c1c(CC)cccc21.CCc1cccc2c3c([nH]c12)C1(CCC(CC)CC1)OCC3. The fourth-order valence-corrected chi connectivity index (χ4v) is 26.9. The molecule has 14 heterocycles. The Morgan fingerprint density at radius 2 is 0.733 bits per heavy atom. The monoisotopic (exact) mass is 2010 g/mol. The highest BCUT2D eigenvalue weighted by Crippen LogP contribution is 2.54. The van der Waals surface area contributed by atoms with Crippen LogP contribution in [0.15, 0.2) is 158 Å². The largest absolute Gasteiger partial charge is 0.418 e. The lowest BCUT2D eigenvalue weighted by atomic mass is 9.74. The molecule has 0 saturated heterocycles. The third-order valence-electron chi connectivity index (χ3n) is 34.0. The Morgan fingerprint density at radius 3 is 1.21 bits per heavy atom. The predicted molar refractivity (Wildman–Crippen MR) is 589 cm³/mol. The van der Waals surface area contributed by atoms with Gasteiger partial charge in [0.05, 0.1) is 102 Å². The number of hydrogen-bond donors (Lipinski definition) is 7. The van der Waals surface area contributed by atoms with Crippen LogP contribution >= 0.6 is 11.6 Å². The highest BCUT2D eigenvalue weighted by molar-refractivity contribution is 6.35. The summed E-state index contributed by atoms with van der Waals surface area (Å²) in [6, 6.07) is 51.6. The number of aryl methyl sites for hydroxylation is 2. The van der Waals surface area contributed by atoms with Crippen molar-refractivity contribution >= 4 is 87.9 Å². The van der Waals surface area contributed by atoms with Crippen LogP contribution in [0.25, 0.3) is 76.3 Å². The lowest BCUT2D eigenvalue weighted by molar-refractivity contribution is -0.136. The van der Waals surface area contributed by atoms with Crippen molar-refractivity contribution in [2.24, 2.45) is 5.92 Å². The van der Waals surface area contributed by atoms with Gasteiger partial charge in [-0.1, -0.05) is 277 Å². The van der Waals surface area contributed by atoms with E-state index in [1.165, 1.54) is 161 Å². The molecular weight excluding hydrogens is 1850 g/mol. The van der Waals surface area contributed by atoms with Crippen LogP contribution in [0.3, 0.4) is 0 Å². The Morgan fingerprint density at radius 1 is 0.349 bits per heavy atom. The number of nitrogens with one attached hydrogen (secondary N) is 7. The fraction of sp³-hybridized carbons (Fsp3) is 0.508. The van der Waals surface area contributed by atoms with Gasteiger partial charge in [-0.3, -0.25) is 0 Å². The average molecular weight is 2010 g/mol. The molecule has 14 nitrogen and oxygen atoms in total. The molecule has 782 valence electrons. The average Bonchev–Trinajstić information content (AvgIpc) is 1.56. The van der Waals surface area contributed by atoms with Gasteiger partial charge in [0, 0.05) is 70.8 Å². The van der Waals surface area contributed by atoms with E-state index >= 15 is 0 Å². The van der Waals surface area contributed by atoms with Crippen LogP contribution in [0.5, 0.6) is 0 Å². The predicted octanol–water partition coefficient (Wildman–Crippen LogP) is 34.2. The summed E-state index contributed by atoms with van der Waals surface area (Å²) >= 11 is 6.39. The molecule has 0 radical (unpaired) electrons. The maximum atomic E-state index is 14.1. The Labute approximate surface area is 866 Å². The molecule has 0 bridgehead atoms. The smallest absolute Gasteiger partial charge is 0.368 e. The number of H-pyrrole nitrogens is 7. The lowest BCUT2D eigenvalue weighted by Gasteiger charge is -2.42. The van der Waals surface area contributed by atoms with Crippen molar-refractivity contribution in [1.82, 2.24) is 34.9 Å². The highest BCUT2D eigenvalue weighted by Gasteiger charge is 2.48. The number of hydrogen-bond acceptors (Lipinski definition) is 7. The van der Waals surface area contributed by atoms with Crippen molar-refractivity contribution in [1.29, 1.82) is 0 Å². The van der Waals surface area contributed by atoms with Crippen LogP contribution in [0.2, 0.25) is 5.02 Å². The van der Waals surface area contributed by atoms with E-state index in [4.69, 9.17) is 44.8 Å². The third kappa shape index (κ3) is 20.2. The quantitative estimate of drug-likeness (QED) is 0.0331. The number of alkyl halides is 3. The zero-order chi connectivity index (χ0) is 103. The van der Waals surface area contributed by atoms with Gasteiger partial charge in [-0.15, -0.1) is 0 Å². The van der Waals surface area contributed by atoms with Gasteiger partial charge in [0.25, 0.3) is 0 Å². The number of halogens is 6. The second kappa shape index (κ2) is 45.9. The molecule has 6 atom stereocenters. The van der Waals surface area contributed by atoms with E-state index in [1.807, 2.05) is 31.2 Å². The van der Waals surface area contributed by atoms with Crippen molar-refractivity contribution in [3.05, 3.63) is 281 Å². The van der Waals surface area contributed by atoms with Crippen molar-refractivity contribution in [2.75, 3.05) is 46.2 Å². The van der Waals surface area contributed by atoms with E-state index in [1.54, 1.807) is 24.3 Å². The standard InChI is InChI=1S/C22H25NO.C20H27NO.C19H27NO.C17H20F3NO.C16H20ClNO.2C16H20FNO/c1-3-14-22(17-10-6-5-7-11-17)21-19(13-15-24-22)18-12-8-9-16(4-2)20(18)23-21;1-3-14-8-11-20(12-9-14)19-17(10-13-22-20)16-7-5-6-15(4-2)18(16)21-19;1-5-11-19(6-2)18-16(10-12-21-19)15-9-7-8-14(13(3)4)17(15)20-18;1-3-9-16(4-2)15-12(8-10-22-16)11-6-5-7-13(14(11)21-15)17(18,19)20;1-3-9-16(4-2)15-11(8-10-19-16)14-12(17)6-5-7-13(14)18-15;1-3-8-16(4-2)15-12(7-9-19-16)13-10-11(17)5-6-14(13)18-15;1-3-9-16(4-2)15-11(8-10-19-16)14-12(17)6-5-7-13(14)18-15/h5-12,23H,3-4,13-15H2,1-2H3;5-7,14,21H,3-4,8-13H2,1-2H3;7-9,13,20H,5-6,10-12H2,1-4H3;5-7,21H,3-4,8-10H2,1-2H3;5-7,18H,3-4,8-10H2,1-2H3;5-6,10,18H,3-4,7-9H2,1-2H3;5-7,18H,3-4,8-10H2,1-2H3. The Bertz CT molecular complexity index is 6870. The number of para-hydroxylation sites is 4. The van der Waals surface area contributed by atoms with Crippen LogP contribution in [0.4, 0.5) is 22.0 Å². The maximum Gasteiger partial charge on any atom is 0.418 e. The van der Waals surface area contributed by atoms with Gasteiger partial charge in [0.15, 0.2) is 0 Å². The molecule has 8 aliphatic rings. The fourth-order valence-electron chi connectivity index (χ4n) is 26.6. The molecule has 20 heteroatoms. The molecule has 1 saturated carbocycles. The molecular formula is C126H159ClF5N7O7. The first-order valence-electron chi connectivity index (χ1n) is 55.8. The summed E-state index contributed by atoms with van der Waals surface area (Å²) in [6.07, 6.45) is 27.5.